The van der Waals surface area contributed by atoms with Gasteiger partial charge in [0.1, 0.15) is 5.82 Å². The summed E-state index contributed by atoms with van der Waals surface area (Å²) in [5.41, 5.74) is 0.288. The minimum atomic E-state index is -0.546. The van der Waals surface area contributed by atoms with Crippen LogP contribution in [-0.2, 0) is 0 Å². The van der Waals surface area contributed by atoms with Crippen molar-refractivity contribution in [2.24, 2.45) is 0 Å². The zero-order chi connectivity index (χ0) is 10.0. The summed E-state index contributed by atoms with van der Waals surface area (Å²) < 4.78 is 13.0. The van der Waals surface area contributed by atoms with Crippen molar-refractivity contribution in [3.8, 4) is 0 Å². The maximum Gasteiger partial charge on any atom is 0.161 e. The van der Waals surface area contributed by atoms with Gasteiger partial charge in [0, 0.05) is 11.1 Å². The van der Waals surface area contributed by atoms with E-state index in [-0.39, 0.29) is 21.4 Å². The molecule has 0 unspecified atom stereocenters. The fourth-order valence-corrected chi connectivity index (χ4v) is 1.66. The number of carbonyl (C=O) groups is 2. The fourth-order valence-electron chi connectivity index (χ4n) is 1.02. The summed E-state index contributed by atoms with van der Waals surface area (Å²) in [7, 11) is 0. The summed E-state index contributed by atoms with van der Waals surface area (Å²) in [6.45, 7) is 1.28. The monoisotopic (exact) mass is 244 g/mol. The molecule has 0 amide bonds. The third-order valence-corrected chi connectivity index (χ3v) is 2.38. The Kier molecular flexibility index (Phi) is 2.93. The van der Waals surface area contributed by atoms with Crippen molar-refractivity contribution < 1.29 is 14.0 Å². The van der Waals surface area contributed by atoms with Crippen LogP contribution in [0.25, 0.3) is 0 Å². The molecular weight excluding hydrogens is 239 g/mol. The van der Waals surface area contributed by atoms with Crippen LogP contribution in [0.5, 0.6) is 0 Å². The van der Waals surface area contributed by atoms with Crippen molar-refractivity contribution >= 4 is 28.0 Å². The van der Waals surface area contributed by atoms with E-state index in [0.29, 0.717) is 6.29 Å². The maximum absolute atomic E-state index is 12.9. The van der Waals surface area contributed by atoms with Gasteiger partial charge in [-0.2, -0.15) is 0 Å². The second-order valence-corrected chi connectivity index (χ2v) is 3.29. The lowest BCUT2D eigenvalue weighted by molar-refractivity contribution is 0.100. The molecule has 0 bridgehead atoms. The van der Waals surface area contributed by atoms with Crippen LogP contribution in [-0.4, -0.2) is 12.1 Å². The molecule has 0 fully saturated rings. The second kappa shape index (κ2) is 3.79. The average molecular weight is 245 g/mol. The van der Waals surface area contributed by atoms with Crippen LogP contribution < -0.4 is 0 Å². The molecule has 0 aliphatic heterocycles. The van der Waals surface area contributed by atoms with E-state index in [0.717, 1.165) is 6.07 Å². The summed E-state index contributed by atoms with van der Waals surface area (Å²) in [6, 6.07) is 2.42. The highest BCUT2D eigenvalue weighted by atomic mass is 79.9. The number of hydrogen-bond donors (Lipinski definition) is 0. The molecule has 0 heterocycles. The minimum Gasteiger partial charge on any atom is -0.298 e. The Balaban J connectivity index is 3.50. The Morgan fingerprint density at radius 2 is 2.15 bits per heavy atom. The summed E-state index contributed by atoms with van der Waals surface area (Å²) in [5.74, 6) is -0.885. The number of Topliss-reactive ketones (excluding diaryl/α,β-unsaturated/α-hetero) is 1. The van der Waals surface area contributed by atoms with Crippen molar-refractivity contribution in [3.05, 3.63) is 33.5 Å². The Morgan fingerprint density at radius 3 is 2.62 bits per heavy atom. The van der Waals surface area contributed by atoms with Crippen LogP contribution in [0.4, 0.5) is 4.39 Å². The Hall–Kier alpha value is -1.03. The third kappa shape index (κ3) is 1.83. The number of ketones is 1. The number of halogens is 2. The summed E-state index contributed by atoms with van der Waals surface area (Å²) in [4.78, 5) is 21.5. The highest BCUT2D eigenvalue weighted by Gasteiger charge is 2.14. The first kappa shape index (κ1) is 10.1. The quantitative estimate of drug-likeness (QED) is 0.592. The zero-order valence-electron chi connectivity index (χ0n) is 6.80. The first-order valence-corrected chi connectivity index (χ1v) is 4.31. The van der Waals surface area contributed by atoms with E-state index in [1.807, 2.05) is 0 Å². The van der Waals surface area contributed by atoms with E-state index in [1.165, 1.54) is 13.0 Å². The minimum absolute atomic E-state index is 0.0459. The summed E-state index contributed by atoms with van der Waals surface area (Å²) >= 11 is 2.92. The standard InChI is InChI=1S/C9H6BrFO2/c1-5(13)8-6(4-12)2-3-7(11)9(8)10/h2-4H,1H3. The lowest BCUT2D eigenvalue weighted by atomic mass is 10.1. The predicted octanol–water partition coefficient (Wildman–Crippen LogP) is 2.60. The van der Waals surface area contributed by atoms with Gasteiger partial charge in [0.05, 0.1) is 4.47 Å². The normalized spacial score (nSPS) is 9.77. The van der Waals surface area contributed by atoms with Crippen LogP contribution in [0.2, 0.25) is 0 Å². The lowest BCUT2D eigenvalue weighted by Gasteiger charge is -2.03. The SMILES string of the molecule is CC(=O)c1c(C=O)ccc(F)c1Br. The van der Waals surface area contributed by atoms with Crippen LogP contribution in [0.3, 0.4) is 0 Å². The fraction of sp³-hybridized carbons (Fsp3) is 0.111. The van der Waals surface area contributed by atoms with E-state index < -0.39 is 5.82 Å². The van der Waals surface area contributed by atoms with E-state index in [9.17, 15) is 14.0 Å². The van der Waals surface area contributed by atoms with Crippen molar-refractivity contribution in [2.75, 3.05) is 0 Å². The van der Waals surface area contributed by atoms with Gasteiger partial charge in [0.25, 0.3) is 0 Å². The molecule has 0 radical (unpaired) electrons. The molecule has 0 atom stereocenters. The number of rotatable bonds is 2. The number of carbonyl (C=O) groups excluding carboxylic acids is 2. The van der Waals surface area contributed by atoms with Gasteiger partial charge in [-0.25, -0.2) is 4.39 Å². The van der Waals surface area contributed by atoms with Gasteiger partial charge < -0.3 is 0 Å². The molecule has 1 rings (SSSR count). The second-order valence-electron chi connectivity index (χ2n) is 2.50. The largest absolute Gasteiger partial charge is 0.298 e. The molecule has 2 nitrogen and oxygen atoms in total. The Bertz CT molecular complexity index is 374. The van der Waals surface area contributed by atoms with Crippen LogP contribution >= 0.6 is 15.9 Å². The topological polar surface area (TPSA) is 34.1 Å². The summed E-state index contributed by atoms with van der Waals surface area (Å²) in [5, 5.41) is 0. The van der Waals surface area contributed by atoms with Gasteiger partial charge in [0.2, 0.25) is 0 Å². The number of benzene rings is 1. The molecule has 4 heteroatoms. The van der Waals surface area contributed by atoms with E-state index in [4.69, 9.17) is 0 Å². The lowest BCUT2D eigenvalue weighted by Crippen LogP contribution is -2.01. The number of hydrogen-bond acceptors (Lipinski definition) is 2. The smallest absolute Gasteiger partial charge is 0.161 e. The Labute approximate surface area is 82.9 Å². The number of aldehydes is 1. The van der Waals surface area contributed by atoms with E-state index >= 15 is 0 Å². The third-order valence-electron chi connectivity index (χ3n) is 1.61. The molecule has 0 aliphatic rings. The first-order valence-electron chi connectivity index (χ1n) is 3.52. The molecule has 13 heavy (non-hydrogen) atoms. The van der Waals surface area contributed by atoms with Crippen LogP contribution in [0, 0.1) is 5.82 Å². The van der Waals surface area contributed by atoms with Crippen LogP contribution in [0.1, 0.15) is 27.6 Å². The predicted molar refractivity (Wildman–Crippen MR) is 49.5 cm³/mol. The molecule has 1 aromatic rings. The van der Waals surface area contributed by atoms with Gasteiger partial charge >= 0.3 is 0 Å². The average Bonchev–Trinajstić information content (AvgIpc) is 2.08. The first-order chi connectivity index (χ1) is 6.07. The van der Waals surface area contributed by atoms with E-state index in [1.54, 1.807) is 0 Å². The molecule has 0 aliphatic carbocycles. The Morgan fingerprint density at radius 1 is 1.54 bits per heavy atom. The van der Waals surface area contributed by atoms with Gasteiger partial charge in [-0.1, -0.05) is 0 Å². The molecule has 0 N–H and O–H groups in total. The molecule has 0 spiro atoms. The highest BCUT2D eigenvalue weighted by molar-refractivity contribution is 9.10. The summed E-state index contributed by atoms with van der Waals surface area (Å²) in [6.07, 6.45) is 0.529. The molecular formula is C9H6BrFO2. The highest BCUT2D eigenvalue weighted by Crippen LogP contribution is 2.23. The van der Waals surface area contributed by atoms with Crippen LogP contribution in [0.15, 0.2) is 16.6 Å². The molecule has 68 valence electrons. The maximum atomic E-state index is 12.9. The van der Waals surface area contributed by atoms with Crippen molar-refractivity contribution in [2.45, 2.75) is 6.92 Å². The zero-order valence-corrected chi connectivity index (χ0v) is 8.39. The van der Waals surface area contributed by atoms with Gasteiger partial charge in [0.15, 0.2) is 12.1 Å². The molecule has 0 aromatic heterocycles. The van der Waals surface area contributed by atoms with Crippen molar-refractivity contribution in [1.29, 1.82) is 0 Å². The van der Waals surface area contributed by atoms with Gasteiger partial charge in [-0.3, -0.25) is 9.59 Å². The molecule has 0 saturated carbocycles. The van der Waals surface area contributed by atoms with Gasteiger partial charge in [-0.15, -0.1) is 0 Å². The van der Waals surface area contributed by atoms with Crippen molar-refractivity contribution in [3.63, 3.8) is 0 Å². The van der Waals surface area contributed by atoms with Gasteiger partial charge in [-0.05, 0) is 35.0 Å². The van der Waals surface area contributed by atoms with Crippen molar-refractivity contribution in [1.82, 2.24) is 0 Å². The molecule has 0 saturated heterocycles. The van der Waals surface area contributed by atoms with E-state index in [2.05, 4.69) is 15.9 Å². The molecule has 1 aromatic carbocycles.